The fourth-order valence-corrected chi connectivity index (χ4v) is 4.01. The molecule has 3 aromatic carbocycles. The van der Waals surface area contributed by atoms with E-state index in [1.165, 1.54) is 12.1 Å². The number of halogens is 2. The van der Waals surface area contributed by atoms with E-state index in [0.29, 0.717) is 21.5 Å². The smallest absolute Gasteiger partial charge is 0.228 e. The molecule has 0 aromatic heterocycles. The lowest BCUT2D eigenvalue weighted by Gasteiger charge is -2.07. The molecule has 1 amide bonds. The molecule has 0 aliphatic rings. The maximum atomic E-state index is 12.3. The summed E-state index contributed by atoms with van der Waals surface area (Å²) in [4.78, 5) is 12.6. The summed E-state index contributed by atoms with van der Waals surface area (Å²) in [5.41, 5.74) is 2.15. The van der Waals surface area contributed by atoms with Gasteiger partial charge in [-0.05, 0) is 54.1 Å². The monoisotopic (exact) mass is 501 g/mol. The summed E-state index contributed by atoms with van der Waals surface area (Å²) in [6.45, 7) is 1.79. The van der Waals surface area contributed by atoms with Crippen LogP contribution >= 0.6 is 23.2 Å². The Balaban J connectivity index is 1.50. The number of anilines is 1. The first-order valence-corrected chi connectivity index (χ1v) is 12.5. The number of benzene rings is 3. The number of rotatable bonds is 7. The van der Waals surface area contributed by atoms with Crippen molar-refractivity contribution in [3.63, 3.8) is 0 Å². The Hall–Kier alpha value is -2.98. The summed E-state index contributed by atoms with van der Waals surface area (Å²) in [5.74, 6) is 6.33. The second kappa shape index (κ2) is 11.2. The molecule has 3 aromatic rings. The number of hydrogen-bond acceptors (Lipinski definition) is 4. The van der Waals surface area contributed by atoms with Crippen LogP contribution in [0.2, 0.25) is 10.0 Å². The first kappa shape index (κ1) is 24.7. The van der Waals surface area contributed by atoms with Crippen LogP contribution in [0.5, 0.6) is 5.75 Å². The van der Waals surface area contributed by atoms with Gasteiger partial charge in [0, 0.05) is 17.3 Å². The van der Waals surface area contributed by atoms with Gasteiger partial charge in [-0.1, -0.05) is 54.1 Å². The van der Waals surface area contributed by atoms with Crippen molar-refractivity contribution in [3.8, 4) is 17.6 Å². The average Bonchev–Trinajstić information content (AvgIpc) is 2.80. The number of carbonyl (C=O) groups is 1. The standard InChI is InChI=1S/C25H21Cl2NO4S/c1-2-33(30,31)22-12-7-19(8-13-22)16-25(29)28-20-9-5-18(6-10-20)4-3-15-32-21-11-14-23(26)24(27)17-21/h5-14,17H,2,15-16H2,1H3,(H,28,29). The van der Waals surface area contributed by atoms with Crippen molar-refractivity contribution < 1.29 is 17.9 Å². The average molecular weight is 502 g/mol. The minimum Gasteiger partial charge on any atom is -0.481 e. The van der Waals surface area contributed by atoms with Crippen LogP contribution in [0.15, 0.2) is 71.6 Å². The van der Waals surface area contributed by atoms with Crippen molar-refractivity contribution in [2.75, 3.05) is 17.7 Å². The molecule has 33 heavy (non-hydrogen) atoms. The fourth-order valence-electron chi connectivity index (χ4n) is 2.83. The van der Waals surface area contributed by atoms with Gasteiger partial charge >= 0.3 is 0 Å². The molecule has 0 aliphatic carbocycles. The third-order valence-electron chi connectivity index (χ3n) is 4.63. The van der Waals surface area contributed by atoms with E-state index in [4.69, 9.17) is 27.9 Å². The second-order valence-electron chi connectivity index (χ2n) is 7.02. The summed E-state index contributed by atoms with van der Waals surface area (Å²) in [7, 11) is -3.25. The van der Waals surface area contributed by atoms with Crippen molar-refractivity contribution >= 4 is 44.6 Å². The summed E-state index contributed by atoms with van der Waals surface area (Å²) in [6.07, 6.45) is 0.139. The molecule has 0 saturated heterocycles. The molecule has 3 rings (SSSR count). The largest absolute Gasteiger partial charge is 0.481 e. The Kier molecular flexibility index (Phi) is 8.40. The molecule has 0 heterocycles. The molecule has 170 valence electrons. The third-order valence-corrected chi connectivity index (χ3v) is 7.12. The molecule has 8 heteroatoms. The molecular weight excluding hydrogens is 481 g/mol. The SMILES string of the molecule is CCS(=O)(=O)c1ccc(CC(=O)Nc2ccc(C#CCOc3ccc(Cl)c(Cl)c3)cc2)cc1. The molecule has 0 spiro atoms. The summed E-state index contributed by atoms with van der Waals surface area (Å²) in [6, 6.07) is 18.5. The lowest BCUT2D eigenvalue weighted by molar-refractivity contribution is -0.115. The van der Waals surface area contributed by atoms with Crippen molar-refractivity contribution in [1.82, 2.24) is 0 Å². The van der Waals surface area contributed by atoms with Crippen molar-refractivity contribution in [1.29, 1.82) is 0 Å². The second-order valence-corrected chi connectivity index (χ2v) is 10.1. The third kappa shape index (κ3) is 7.26. The number of amides is 1. The minimum absolute atomic E-state index is 0.0391. The molecule has 0 unspecified atom stereocenters. The van der Waals surface area contributed by atoms with E-state index < -0.39 is 9.84 Å². The van der Waals surface area contributed by atoms with Crippen LogP contribution in [0.4, 0.5) is 5.69 Å². The summed E-state index contributed by atoms with van der Waals surface area (Å²) in [5, 5.41) is 3.70. The predicted octanol–water partition coefficient (Wildman–Crippen LogP) is 5.40. The van der Waals surface area contributed by atoms with Gasteiger partial charge in [-0.15, -0.1) is 0 Å². The highest BCUT2D eigenvalue weighted by Gasteiger charge is 2.11. The van der Waals surface area contributed by atoms with Crippen LogP contribution in [-0.2, 0) is 21.1 Å². The first-order valence-electron chi connectivity index (χ1n) is 10.0. The number of ether oxygens (including phenoxy) is 1. The van der Waals surface area contributed by atoms with Gasteiger partial charge < -0.3 is 10.1 Å². The van der Waals surface area contributed by atoms with E-state index in [2.05, 4.69) is 17.2 Å². The van der Waals surface area contributed by atoms with Crippen LogP contribution in [-0.4, -0.2) is 26.7 Å². The molecular formula is C25H21Cl2NO4S. The molecule has 0 aliphatic heterocycles. The number of nitrogens with one attached hydrogen (secondary N) is 1. The van der Waals surface area contributed by atoms with Crippen molar-refractivity contribution in [2.24, 2.45) is 0 Å². The highest BCUT2D eigenvalue weighted by molar-refractivity contribution is 7.91. The highest BCUT2D eigenvalue weighted by Crippen LogP contribution is 2.26. The maximum absolute atomic E-state index is 12.3. The predicted molar refractivity (Wildman–Crippen MR) is 132 cm³/mol. The topological polar surface area (TPSA) is 72.5 Å². The molecule has 0 bridgehead atoms. The van der Waals surface area contributed by atoms with E-state index in [1.54, 1.807) is 61.5 Å². The first-order chi connectivity index (χ1) is 15.8. The van der Waals surface area contributed by atoms with Gasteiger partial charge in [0.15, 0.2) is 9.84 Å². The van der Waals surface area contributed by atoms with Gasteiger partial charge in [0.25, 0.3) is 0 Å². The van der Waals surface area contributed by atoms with Crippen LogP contribution in [0.1, 0.15) is 18.1 Å². The van der Waals surface area contributed by atoms with E-state index in [9.17, 15) is 13.2 Å². The Labute approximate surface area is 203 Å². The van der Waals surface area contributed by atoms with E-state index in [1.807, 2.05) is 0 Å². The molecule has 0 saturated carbocycles. The lowest BCUT2D eigenvalue weighted by Crippen LogP contribution is -2.14. The number of sulfone groups is 1. The summed E-state index contributed by atoms with van der Waals surface area (Å²) < 4.78 is 29.3. The van der Waals surface area contributed by atoms with Gasteiger partial charge in [-0.3, -0.25) is 4.79 Å². The van der Waals surface area contributed by atoms with E-state index >= 15 is 0 Å². The molecule has 1 N–H and O–H groups in total. The number of carbonyl (C=O) groups excluding carboxylic acids is 1. The van der Waals surface area contributed by atoms with Crippen LogP contribution in [0, 0.1) is 11.8 Å². The maximum Gasteiger partial charge on any atom is 0.228 e. The van der Waals surface area contributed by atoms with Crippen LogP contribution in [0.3, 0.4) is 0 Å². The Morgan fingerprint density at radius 1 is 0.970 bits per heavy atom. The van der Waals surface area contributed by atoms with Gasteiger partial charge in [0.05, 0.1) is 27.1 Å². The Bertz CT molecular complexity index is 1290. The summed E-state index contributed by atoms with van der Waals surface area (Å²) >= 11 is 11.8. The minimum atomic E-state index is -3.25. The van der Waals surface area contributed by atoms with Crippen LogP contribution in [0.25, 0.3) is 0 Å². The van der Waals surface area contributed by atoms with Gasteiger partial charge in [-0.25, -0.2) is 8.42 Å². The lowest BCUT2D eigenvalue weighted by atomic mass is 10.1. The molecule has 0 fully saturated rings. The fraction of sp³-hybridized carbons (Fsp3) is 0.160. The van der Waals surface area contributed by atoms with Crippen LogP contribution < -0.4 is 10.1 Å². The molecule has 0 radical (unpaired) electrons. The Morgan fingerprint density at radius 3 is 2.30 bits per heavy atom. The quantitative estimate of drug-likeness (QED) is 0.440. The van der Waals surface area contributed by atoms with E-state index in [0.717, 1.165) is 11.1 Å². The zero-order valence-electron chi connectivity index (χ0n) is 17.8. The van der Waals surface area contributed by atoms with Gasteiger partial charge in [0.1, 0.15) is 12.4 Å². The zero-order chi connectivity index (χ0) is 23.8. The van der Waals surface area contributed by atoms with Gasteiger partial charge in [-0.2, -0.15) is 0 Å². The van der Waals surface area contributed by atoms with E-state index in [-0.39, 0.29) is 29.6 Å². The molecule has 5 nitrogen and oxygen atoms in total. The Morgan fingerprint density at radius 2 is 1.67 bits per heavy atom. The highest BCUT2D eigenvalue weighted by atomic mass is 35.5. The molecule has 0 atom stereocenters. The van der Waals surface area contributed by atoms with Crippen molar-refractivity contribution in [2.45, 2.75) is 18.2 Å². The normalized spacial score (nSPS) is 10.8. The van der Waals surface area contributed by atoms with Crippen molar-refractivity contribution in [3.05, 3.63) is 87.9 Å². The zero-order valence-corrected chi connectivity index (χ0v) is 20.1. The van der Waals surface area contributed by atoms with Gasteiger partial charge in [0.2, 0.25) is 5.91 Å². The number of hydrogen-bond donors (Lipinski definition) is 1.